The van der Waals surface area contributed by atoms with Crippen LogP contribution in [0.3, 0.4) is 0 Å². The molecule has 1 aromatic rings. The van der Waals surface area contributed by atoms with E-state index in [0.717, 1.165) is 5.75 Å². The molecule has 0 saturated carbocycles. The summed E-state index contributed by atoms with van der Waals surface area (Å²) in [5.74, 6) is 0.917. The quantitative estimate of drug-likeness (QED) is 0.825. The van der Waals surface area contributed by atoms with Crippen molar-refractivity contribution in [3.63, 3.8) is 0 Å². The highest BCUT2D eigenvalue weighted by molar-refractivity contribution is 5.35. The van der Waals surface area contributed by atoms with Crippen LogP contribution in [-0.4, -0.2) is 26.4 Å². The second-order valence-electron chi connectivity index (χ2n) is 4.92. The number of rotatable bonds is 6. The second kappa shape index (κ2) is 6.03. The number of hydrogen-bond acceptors (Lipinski definition) is 3. The molecule has 3 heteroatoms. The Morgan fingerprint density at radius 3 is 2.47 bits per heavy atom. The molecule has 17 heavy (non-hydrogen) atoms. The van der Waals surface area contributed by atoms with Crippen molar-refractivity contribution < 1.29 is 9.47 Å². The van der Waals surface area contributed by atoms with Crippen molar-refractivity contribution in [2.45, 2.75) is 32.4 Å². The number of hydrogen-bond donors (Lipinski definition) is 1. The maximum Gasteiger partial charge on any atom is 0.123 e. The lowest BCUT2D eigenvalue weighted by molar-refractivity contribution is 0.122. The monoisotopic (exact) mass is 237 g/mol. The smallest absolute Gasteiger partial charge is 0.123 e. The fourth-order valence-electron chi connectivity index (χ4n) is 2.09. The first-order valence-corrected chi connectivity index (χ1v) is 5.89. The summed E-state index contributed by atoms with van der Waals surface area (Å²) in [5.41, 5.74) is 1.11. The highest BCUT2D eigenvalue weighted by atomic mass is 16.5. The Morgan fingerprint density at radius 2 is 1.88 bits per heavy atom. The minimum Gasteiger partial charge on any atom is -0.496 e. The lowest BCUT2D eigenvalue weighted by atomic mass is 10.0. The normalized spacial score (nSPS) is 13.5. The zero-order valence-corrected chi connectivity index (χ0v) is 11.4. The van der Waals surface area contributed by atoms with Crippen LogP contribution in [-0.2, 0) is 4.74 Å². The second-order valence-corrected chi connectivity index (χ2v) is 4.92. The highest BCUT2D eigenvalue weighted by Crippen LogP contribution is 2.25. The molecule has 3 nitrogen and oxygen atoms in total. The number of ether oxygens (including phenoxy) is 2. The van der Waals surface area contributed by atoms with Crippen LogP contribution in [0.5, 0.6) is 5.75 Å². The first kappa shape index (κ1) is 14.0. The third kappa shape index (κ3) is 4.02. The van der Waals surface area contributed by atoms with Crippen LogP contribution in [0.25, 0.3) is 0 Å². The van der Waals surface area contributed by atoms with Gasteiger partial charge < -0.3 is 14.8 Å². The van der Waals surface area contributed by atoms with Crippen LogP contribution >= 0.6 is 0 Å². The summed E-state index contributed by atoms with van der Waals surface area (Å²) in [6.07, 6.45) is 0. The molecule has 1 N–H and O–H groups in total. The Morgan fingerprint density at radius 1 is 1.24 bits per heavy atom. The van der Waals surface area contributed by atoms with E-state index >= 15 is 0 Å². The van der Waals surface area contributed by atoms with Gasteiger partial charge in [-0.3, -0.25) is 0 Å². The summed E-state index contributed by atoms with van der Waals surface area (Å²) >= 11 is 0. The fraction of sp³-hybridized carbons (Fsp3) is 0.571. The van der Waals surface area contributed by atoms with Gasteiger partial charge >= 0.3 is 0 Å². The molecule has 0 aliphatic rings. The molecule has 0 aliphatic heterocycles. The molecule has 1 aromatic carbocycles. The lowest BCUT2D eigenvalue weighted by Gasteiger charge is -2.30. The van der Waals surface area contributed by atoms with E-state index in [1.165, 1.54) is 5.56 Å². The molecule has 0 heterocycles. The first-order valence-electron chi connectivity index (χ1n) is 5.89. The van der Waals surface area contributed by atoms with E-state index in [2.05, 4.69) is 32.2 Å². The minimum atomic E-state index is -0.0605. The van der Waals surface area contributed by atoms with Crippen molar-refractivity contribution in [1.82, 2.24) is 5.32 Å². The van der Waals surface area contributed by atoms with Gasteiger partial charge in [0.1, 0.15) is 5.75 Å². The van der Waals surface area contributed by atoms with Crippen LogP contribution in [0.15, 0.2) is 24.3 Å². The highest BCUT2D eigenvalue weighted by Gasteiger charge is 2.21. The van der Waals surface area contributed by atoms with Gasteiger partial charge in [-0.1, -0.05) is 18.2 Å². The van der Waals surface area contributed by atoms with Crippen molar-refractivity contribution in [2.24, 2.45) is 0 Å². The predicted octanol–water partition coefficient (Wildman–Crippen LogP) is 2.77. The largest absolute Gasteiger partial charge is 0.496 e. The Labute approximate surface area is 104 Å². The summed E-state index contributed by atoms with van der Waals surface area (Å²) in [6.45, 7) is 7.06. The summed E-state index contributed by atoms with van der Waals surface area (Å²) in [7, 11) is 3.42. The van der Waals surface area contributed by atoms with Gasteiger partial charge in [-0.05, 0) is 26.8 Å². The number of benzene rings is 1. The van der Waals surface area contributed by atoms with E-state index in [1.54, 1.807) is 14.2 Å². The third-order valence-electron chi connectivity index (χ3n) is 2.72. The number of para-hydroxylation sites is 1. The van der Waals surface area contributed by atoms with E-state index in [0.29, 0.717) is 6.61 Å². The Kier molecular flexibility index (Phi) is 4.97. The van der Waals surface area contributed by atoms with Gasteiger partial charge in [0.2, 0.25) is 0 Å². The van der Waals surface area contributed by atoms with Gasteiger partial charge in [0.15, 0.2) is 0 Å². The van der Waals surface area contributed by atoms with E-state index in [-0.39, 0.29) is 11.6 Å². The van der Waals surface area contributed by atoms with Crippen LogP contribution in [0.4, 0.5) is 0 Å². The van der Waals surface area contributed by atoms with Crippen molar-refractivity contribution in [3.8, 4) is 5.75 Å². The number of nitrogens with one attached hydrogen (secondary N) is 1. The molecule has 96 valence electrons. The molecule has 0 aliphatic carbocycles. The Balaban J connectivity index is 2.79. The maximum absolute atomic E-state index is 5.37. The molecular weight excluding hydrogens is 214 g/mol. The third-order valence-corrected chi connectivity index (χ3v) is 2.72. The summed E-state index contributed by atoms with van der Waals surface area (Å²) in [5, 5.41) is 3.54. The van der Waals surface area contributed by atoms with Crippen molar-refractivity contribution in [3.05, 3.63) is 29.8 Å². The molecule has 0 saturated heterocycles. The van der Waals surface area contributed by atoms with Crippen LogP contribution in [0.1, 0.15) is 32.4 Å². The fourth-order valence-corrected chi connectivity index (χ4v) is 2.09. The van der Waals surface area contributed by atoms with Gasteiger partial charge in [0.25, 0.3) is 0 Å². The van der Waals surface area contributed by atoms with Crippen LogP contribution < -0.4 is 10.1 Å². The van der Waals surface area contributed by atoms with Crippen molar-refractivity contribution in [2.75, 3.05) is 20.8 Å². The average Bonchev–Trinajstić information content (AvgIpc) is 2.28. The van der Waals surface area contributed by atoms with Crippen molar-refractivity contribution in [1.29, 1.82) is 0 Å². The zero-order valence-electron chi connectivity index (χ0n) is 11.4. The Hall–Kier alpha value is -1.06. The molecule has 1 atom stereocenters. The lowest BCUT2D eigenvalue weighted by Crippen LogP contribution is -2.44. The van der Waals surface area contributed by atoms with E-state index in [1.807, 2.05) is 18.2 Å². The van der Waals surface area contributed by atoms with Gasteiger partial charge in [0, 0.05) is 24.3 Å². The average molecular weight is 237 g/mol. The van der Waals surface area contributed by atoms with Crippen LogP contribution in [0, 0.1) is 0 Å². The molecule has 0 radical (unpaired) electrons. The molecular formula is C14H23NO2. The SMILES string of the molecule is COCC(C)(C)N[C@@H](C)c1ccccc1OC. The molecule has 1 rings (SSSR count). The van der Waals surface area contributed by atoms with Crippen LogP contribution in [0.2, 0.25) is 0 Å². The molecule has 0 spiro atoms. The molecule has 0 unspecified atom stereocenters. The standard InChI is InChI=1S/C14H23NO2/c1-11(15-14(2,3)10-16-4)12-8-6-7-9-13(12)17-5/h6-9,11,15H,10H2,1-5H3/t11-/m0/s1. The van der Waals surface area contributed by atoms with Gasteiger partial charge in [-0.15, -0.1) is 0 Å². The van der Waals surface area contributed by atoms with Gasteiger partial charge in [0.05, 0.1) is 13.7 Å². The zero-order chi connectivity index (χ0) is 12.9. The molecule has 0 fully saturated rings. The first-order chi connectivity index (χ1) is 8.00. The van der Waals surface area contributed by atoms with Crippen molar-refractivity contribution >= 4 is 0 Å². The van der Waals surface area contributed by atoms with E-state index in [4.69, 9.17) is 9.47 Å². The Bertz CT molecular complexity index is 350. The van der Waals surface area contributed by atoms with Gasteiger partial charge in [-0.25, -0.2) is 0 Å². The topological polar surface area (TPSA) is 30.5 Å². The summed E-state index contributed by atoms with van der Waals surface area (Å²) in [4.78, 5) is 0. The summed E-state index contributed by atoms with van der Waals surface area (Å²) in [6, 6.07) is 8.29. The number of methoxy groups -OCH3 is 2. The maximum atomic E-state index is 5.37. The predicted molar refractivity (Wildman–Crippen MR) is 70.5 cm³/mol. The molecule has 0 bridgehead atoms. The molecule has 0 aromatic heterocycles. The van der Waals surface area contributed by atoms with Gasteiger partial charge in [-0.2, -0.15) is 0 Å². The van der Waals surface area contributed by atoms with E-state index < -0.39 is 0 Å². The van der Waals surface area contributed by atoms with E-state index in [9.17, 15) is 0 Å². The summed E-state index contributed by atoms with van der Waals surface area (Å²) < 4.78 is 10.6. The molecule has 0 amide bonds. The minimum absolute atomic E-state index is 0.0605.